The quantitative estimate of drug-likeness (QED) is 0.874. The summed E-state index contributed by atoms with van der Waals surface area (Å²) >= 11 is 0. The lowest BCUT2D eigenvalue weighted by Crippen LogP contribution is -2.28. The lowest BCUT2D eigenvalue weighted by Gasteiger charge is -2.23. The second-order valence-corrected chi connectivity index (χ2v) is 5.09. The van der Waals surface area contributed by atoms with E-state index >= 15 is 0 Å². The van der Waals surface area contributed by atoms with Gasteiger partial charge in [-0.25, -0.2) is 13.2 Å². The monoisotopic (exact) mass is 257 g/mol. The molecule has 0 unspecified atom stereocenters. The van der Waals surface area contributed by atoms with Crippen molar-refractivity contribution in [2.75, 3.05) is 13.1 Å². The third-order valence-electron chi connectivity index (χ3n) is 3.52. The van der Waals surface area contributed by atoms with Gasteiger partial charge in [-0.05, 0) is 56.0 Å². The molecule has 1 N–H and O–H groups in total. The minimum absolute atomic E-state index is 0.104. The second kappa shape index (κ2) is 5.31. The number of piperidine rings is 1. The number of alkyl halides is 2. The maximum atomic E-state index is 13.7. The van der Waals surface area contributed by atoms with E-state index in [9.17, 15) is 13.2 Å². The normalized spacial score (nSPS) is 18.0. The van der Waals surface area contributed by atoms with Crippen LogP contribution in [-0.4, -0.2) is 13.1 Å². The van der Waals surface area contributed by atoms with Crippen molar-refractivity contribution in [3.05, 3.63) is 35.1 Å². The van der Waals surface area contributed by atoms with Gasteiger partial charge < -0.3 is 5.32 Å². The van der Waals surface area contributed by atoms with Gasteiger partial charge in [-0.2, -0.15) is 0 Å². The van der Waals surface area contributed by atoms with Crippen molar-refractivity contribution >= 4 is 0 Å². The molecule has 18 heavy (non-hydrogen) atoms. The van der Waals surface area contributed by atoms with Gasteiger partial charge in [-0.3, -0.25) is 0 Å². The molecule has 1 aliphatic heterocycles. The van der Waals surface area contributed by atoms with E-state index in [0.29, 0.717) is 17.9 Å². The van der Waals surface area contributed by atoms with Gasteiger partial charge in [0.15, 0.2) is 0 Å². The Hall–Kier alpha value is -1.03. The first-order chi connectivity index (χ1) is 8.47. The summed E-state index contributed by atoms with van der Waals surface area (Å²) in [5.74, 6) is -2.89. The molecule has 2 rings (SSSR count). The fourth-order valence-corrected chi connectivity index (χ4v) is 2.40. The molecule has 0 saturated carbocycles. The zero-order chi connectivity index (χ0) is 13.2. The van der Waals surface area contributed by atoms with Crippen molar-refractivity contribution in [3.63, 3.8) is 0 Å². The summed E-state index contributed by atoms with van der Waals surface area (Å²) < 4.78 is 40.1. The van der Waals surface area contributed by atoms with Gasteiger partial charge in [0.25, 0.3) is 5.92 Å². The number of hydrogen-bond acceptors (Lipinski definition) is 1. The molecule has 1 fully saturated rings. The van der Waals surface area contributed by atoms with E-state index in [-0.39, 0.29) is 11.4 Å². The first-order valence-electron chi connectivity index (χ1n) is 6.34. The van der Waals surface area contributed by atoms with Crippen molar-refractivity contribution in [1.82, 2.24) is 5.32 Å². The molecule has 1 nitrogen and oxygen atoms in total. The highest BCUT2D eigenvalue weighted by atomic mass is 19.3. The fraction of sp³-hybridized carbons (Fsp3) is 0.571. The Morgan fingerprint density at radius 1 is 1.28 bits per heavy atom. The highest BCUT2D eigenvalue weighted by molar-refractivity contribution is 5.28. The van der Waals surface area contributed by atoms with E-state index in [1.807, 2.05) is 0 Å². The van der Waals surface area contributed by atoms with Crippen LogP contribution in [0.15, 0.2) is 18.2 Å². The fourth-order valence-electron chi connectivity index (χ4n) is 2.40. The zero-order valence-electron chi connectivity index (χ0n) is 10.5. The Labute approximate surface area is 105 Å². The van der Waals surface area contributed by atoms with Gasteiger partial charge in [0.05, 0.1) is 0 Å². The summed E-state index contributed by atoms with van der Waals surface area (Å²) in [6.45, 7) is 2.69. The van der Waals surface area contributed by atoms with Crippen LogP contribution < -0.4 is 5.32 Å². The van der Waals surface area contributed by atoms with Gasteiger partial charge in [-0.1, -0.05) is 6.07 Å². The maximum Gasteiger partial charge on any atom is 0.270 e. The van der Waals surface area contributed by atoms with E-state index in [2.05, 4.69) is 5.32 Å². The molecule has 0 aromatic heterocycles. The van der Waals surface area contributed by atoms with E-state index in [4.69, 9.17) is 0 Å². The van der Waals surface area contributed by atoms with Crippen LogP contribution in [0, 0.1) is 11.7 Å². The van der Waals surface area contributed by atoms with Crippen LogP contribution in [-0.2, 0) is 12.3 Å². The molecule has 4 heteroatoms. The number of rotatable bonds is 3. The molecular weight excluding hydrogens is 239 g/mol. The molecule has 0 spiro atoms. The third-order valence-corrected chi connectivity index (χ3v) is 3.52. The van der Waals surface area contributed by atoms with Crippen LogP contribution in [0.5, 0.6) is 0 Å². The molecule has 1 saturated heterocycles. The molecule has 1 aromatic carbocycles. The number of nitrogens with one attached hydrogen (secondary N) is 1. The smallest absolute Gasteiger partial charge is 0.270 e. The molecule has 1 aliphatic rings. The molecule has 0 bridgehead atoms. The van der Waals surface area contributed by atoms with Gasteiger partial charge in [0.1, 0.15) is 5.82 Å². The third kappa shape index (κ3) is 3.25. The number of hydrogen-bond donors (Lipinski definition) is 1. The molecule has 0 atom stereocenters. The maximum absolute atomic E-state index is 13.7. The highest BCUT2D eigenvalue weighted by Gasteiger charge is 2.25. The average molecular weight is 257 g/mol. The predicted octanol–water partition coefficient (Wildman–Crippen LogP) is 3.48. The van der Waals surface area contributed by atoms with E-state index in [0.717, 1.165) is 38.9 Å². The summed E-state index contributed by atoms with van der Waals surface area (Å²) in [6, 6.07) is 3.64. The number of halogens is 3. The molecule has 0 amide bonds. The first kappa shape index (κ1) is 13.4. The molecule has 1 aromatic rings. The molecule has 1 heterocycles. The van der Waals surface area contributed by atoms with Gasteiger partial charge >= 0.3 is 0 Å². The van der Waals surface area contributed by atoms with Crippen molar-refractivity contribution in [1.29, 1.82) is 0 Å². The van der Waals surface area contributed by atoms with Crippen LogP contribution in [0.2, 0.25) is 0 Å². The Morgan fingerprint density at radius 2 is 1.94 bits per heavy atom. The zero-order valence-corrected chi connectivity index (χ0v) is 10.5. The number of benzene rings is 1. The van der Waals surface area contributed by atoms with Crippen LogP contribution in [0.25, 0.3) is 0 Å². The second-order valence-electron chi connectivity index (χ2n) is 5.09. The van der Waals surface area contributed by atoms with Gasteiger partial charge in [0, 0.05) is 12.5 Å². The highest BCUT2D eigenvalue weighted by Crippen LogP contribution is 2.29. The van der Waals surface area contributed by atoms with E-state index < -0.39 is 5.92 Å². The SMILES string of the molecule is CC(F)(F)c1ccc(F)c(CC2CCNCC2)c1. The van der Waals surface area contributed by atoms with Crippen LogP contribution in [0.3, 0.4) is 0 Å². The molecular formula is C14H18F3N. The predicted molar refractivity (Wildman–Crippen MR) is 65.3 cm³/mol. The van der Waals surface area contributed by atoms with E-state index in [1.165, 1.54) is 12.1 Å². The van der Waals surface area contributed by atoms with Crippen LogP contribution >= 0.6 is 0 Å². The lowest BCUT2D eigenvalue weighted by atomic mass is 9.90. The van der Waals surface area contributed by atoms with Crippen molar-refractivity contribution in [2.24, 2.45) is 5.92 Å². The Morgan fingerprint density at radius 3 is 2.56 bits per heavy atom. The van der Waals surface area contributed by atoms with Crippen molar-refractivity contribution < 1.29 is 13.2 Å². The van der Waals surface area contributed by atoms with E-state index in [1.54, 1.807) is 0 Å². The summed E-state index contributed by atoms with van der Waals surface area (Å²) in [7, 11) is 0. The Balaban J connectivity index is 2.15. The molecule has 0 radical (unpaired) electrons. The lowest BCUT2D eigenvalue weighted by molar-refractivity contribution is 0.0173. The standard InChI is InChI=1S/C14H18F3N/c1-14(16,17)12-2-3-13(15)11(9-12)8-10-4-6-18-7-5-10/h2-3,9-10,18H,4-8H2,1H3. The first-order valence-corrected chi connectivity index (χ1v) is 6.34. The molecule has 100 valence electrons. The van der Waals surface area contributed by atoms with Crippen molar-refractivity contribution in [3.8, 4) is 0 Å². The largest absolute Gasteiger partial charge is 0.317 e. The average Bonchev–Trinajstić information content (AvgIpc) is 2.32. The van der Waals surface area contributed by atoms with Gasteiger partial charge in [0.2, 0.25) is 0 Å². The van der Waals surface area contributed by atoms with Crippen LogP contribution in [0.1, 0.15) is 30.9 Å². The van der Waals surface area contributed by atoms with Gasteiger partial charge in [-0.15, -0.1) is 0 Å². The topological polar surface area (TPSA) is 12.0 Å². The van der Waals surface area contributed by atoms with Crippen molar-refractivity contribution in [2.45, 2.75) is 32.1 Å². The minimum atomic E-state index is -2.91. The summed E-state index contributed by atoms with van der Waals surface area (Å²) in [5, 5.41) is 3.24. The summed E-state index contributed by atoms with van der Waals surface area (Å²) in [6.07, 6.45) is 2.51. The summed E-state index contributed by atoms with van der Waals surface area (Å²) in [5.41, 5.74) is 0.314. The van der Waals surface area contributed by atoms with Crippen LogP contribution in [0.4, 0.5) is 13.2 Å². The minimum Gasteiger partial charge on any atom is -0.317 e. The molecule has 0 aliphatic carbocycles. The Bertz CT molecular complexity index is 406. The Kier molecular flexibility index (Phi) is 3.95. The summed E-state index contributed by atoms with van der Waals surface area (Å²) in [4.78, 5) is 0.